The van der Waals surface area contributed by atoms with Crippen LogP contribution in [0.1, 0.15) is 43.2 Å². The standard InChI is InChI=1S/C19H23NO3/c21-19(22)12-4-2-1-3-9-17-10-5-6-11-18(17)23-15-16-8-7-13-20-14-16/h5-8,10-11,13-14H,1-4,9,12,15H2,(H,21,22). The van der Waals surface area contributed by atoms with Gasteiger partial charge in [-0.25, -0.2) is 0 Å². The summed E-state index contributed by atoms with van der Waals surface area (Å²) in [5.41, 5.74) is 2.26. The highest BCUT2D eigenvalue weighted by atomic mass is 16.5. The molecule has 1 aromatic heterocycles. The zero-order valence-corrected chi connectivity index (χ0v) is 13.3. The highest BCUT2D eigenvalue weighted by Crippen LogP contribution is 2.21. The summed E-state index contributed by atoms with van der Waals surface area (Å²) < 4.78 is 5.92. The van der Waals surface area contributed by atoms with Crippen LogP contribution >= 0.6 is 0 Å². The van der Waals surface area contributed by atoms with E-state index in [-0.39, 0.29) is 6.42 Å². The second kappa shape index (κ2) is 9.62. The molecule has 0 radical (unpaired) electrons. The Hall–Kier alpha value is -2.36. The topological polar surface area (TPSA) is 59.4 Å². The highest BCUT2D eigenvalue weighted by molar-refractivity contribution is 5.66. The molecule has 1 heterocycles. The summed E-state index contributed by atoms with van der Waals surface area (Å²) in [7, 11) is 0. The lowest BCUT2D eigenvalue weighted by atomic mass is 10.0. The number of aliphatic carboxylic acids is 1. The SMILES string of the molecule is O=C(O)CCCCCCc1ccccc1OCc1cccnc1. The molecular formula is C19H23NO3. The third-order valence-corrected chi connectivity index (χ3v) is 3.68. The predicted molar refractivity (Wildman–Crippen MR) is 89.4 cm³/mol. The number of carboxylic acids is 1. The lowest BCUT2D eigenvalue weighted by Crippen LogP contribution is -1.99. The Morgan fingerprint density at radius 1 is 1.04 bits per heavy atom. The number of rotatable bonds is 10. The Kier molecular flexibility index (Phi) is 7.11. The molecule has 0 atom stereocenters. The Labute approximate surface area is 137 Å². The van der Waals surface area contributed by atoms with Crippen LogP contribution in [-0.2, 0) is 17.8 Å². The maximum absolute atomic E-state index is 10.5. The number of unbranched alkanes of at least 4 members (excludes halogenated alkanes) is 3. The third-order valence-electron chi connectivity index (χ3n) is 3.68. The Bertz CT molecular complexity index is 599. The zero-order valence-electron chi connectivity index (χ0n) is 13.3. The van der Waals surface area contributed by atoms with Crippen molar-refractivity contribution < 1.29 is 14.6 Å². The normalized spacial score (nSPS) is 10.4. The first-order valence-corrected chi connectivity index (χ1v) is 8.07. The molecule has 0 aliphatic carbocycles. The van der Waals surface area contributed by atoms with E-state index < -0.39 is 5.97 Å². The number of para-hydroxylation sites is 1. The molecule has 0 saturated carbocycles. The second-order valence-electron chi connectivity index (χ2n) is 5.57. The van der Waals surface area contributed by atoms with E-state index in [4.69, 9.17) is 9.84 Å². The summed E-state index contributed by atoms with van der Waals surface area (Å²) in [5.74, 6) is 0.209. The summed E-state index contributed by atoms with van der Waals surface area (Å²) in [6, 6.07) is 12.0. The number of carboxylic acid groups (broad SMARTS) is 1. The van der Waals surface area contributed by atoms with Crippen LogP contribution in [-0.4, -0.2) is 16.1 Å². The average Bonchev–Trinajstić information content (AvgIpc) is 2.57. The van der Waals surface area contributed by atoms with E-state index in [0.29, 0.717) is 6.61 Å². The molecular weight excluding hydrogens is 290 g/mol. The minimum atomic E-state index is -0.709. The van der Waals surface area contributed by atoms with Gasteiger partial charge in [0.05, 0.1) is 0 Å². The smallest absolute Gasteiger partial charge is 0.303 e. The molecule has 4 nitrogen and oxygen atoms in total. The number of ether oxygens (including phenoxy) is 1. The van der Waals surface area contributed by atoms with E-state index >= 15 is 0 Å². The average molecular weight is 313 g/mol. The van der Waals surface area contributed by atoms with Gasteiger partial charge in [0.1, 0.15) is 12.4 Å². The van der Waals surface area contributed by atoms with Crippen molar-refractivity contribution in [1.29, 1.82) is 0 Å². The van der Waals surface area contributed by atoms with Crippen molar-refractivity contribution in [2.24, 2.45) is 0 Å². The molecule has 0 bridgehead atoms. The van der Waals surface area contributed by atoms with Crippen LogP contribution in [0.5, 0.6) is 5.75 Å². The first-order valence-electron chi connectivity index (χ1n) is 8.07. The number of carbonyl (C=O) groups is 1. The maximum Gasteiger partial charge on any atom is 0.303 e. The van der Waals surface area contributed by atoms with Crippen LogP contribution in [0.4, 0.5) is 0 Å². The molecule has 0 amide bonds. The van der Waals surface area contributed by atoms with Crippen LogP contribution < -0.4 is 4.74 Å². The molecule has 23 heavy (non-hydrogen) atoms. The Morgan fingerprint density at radius 3 is 2.65 bits per heavy atom. The largest absolute Gasteiger partial charge is 0.489 e. The van der Waals surface area contributed by atoms with Crippen LogP contribution in [0.25, 0.3) is 0 Å². The fraction of sp³-hybridized carbons (Fsp3) is 0.368. The molecule has 1 aromatic carbocycles. The van der Waals surface area contributed by atoms with Crippen LogP contribution in [0.2, 0.25) is 0 Å². The third kappa shape index (κ3) is 6.51. The van der Waals surface area contributed by atoms with Gasteiger partial charge in [-0.2, -0.15) is 0 Å². The number of aromatic nitrogens is 1. The van der Waals surface area contributed by atoms with E-state index in [0.717, 1.165) is 43.4 Å². The van der Waals surface area contributed by atoms with Gasteiger partial charge in [0, 0.05) is 24.4 Å². The van der Waals surface area contributed by atoms with Gasteiger partial charge in [-0.3, -0.25) is 9.78 Å². The zero-order chi connectivity index (χ0) is 16.3. The molecule has 2 rings (SSSR count). The predicted octanol–water partition coefficient (Wildman–Crippen LogP) is 4.24. The fourth-order valence-electron chi connectivity index (χ4n) is 2.44. The first kappa shape index (κ1) is 17.0. The van der Waals surface area contributed by atoms with Crippen molar-refractivity contribution in [2.45, 2.75) is 45.1 Å². The minimum absolute atomic E-state index is 0.269. The Morgan fingerprint density at radius 2 is 1.87 bits per heavy atom. The summed E-state index contributed by atoms with van der Waals surface area (Å²) >= 11 is 0. The van der Waals surface area contributed by atoms with Gasteiger partial charge >= 0.3 is 5.97 Å². The van der Waals surface area contributed by atoms with E-state index in [9.17, 15) is 4.79 Å². The van der Waals surface area contributed by atoms with Crippen molar-refractivity contribution in [2.75, 3.05) is 0 Å². The Balaban J connectivity index is 1.77. The van der Waals surface area contributed by atoms with Crippen molar-refractivity contribution in [3.05, 3.63) is 59.9 Å². The van der Waals surface area contributed by atoms with E-state index in [1.165, 1.54) is 5.56 Å². The molecule has 0 aliphatic heterocycles. The lowest BCUT2D eigenvalue weighted by molar-refractivity contribution is -0.137. The van der Waals surface area contributed by atoms with Gasteiger partial charge in [0.25, 0.3) is 0 Å². The summed E-state index contributed by atoms with van der Waals surface area (Å²) in [6.07, 6.45) is 8.60. The maximum atomic E-state index is 10.5. The molecule has 122 valence electrons. The van der Waals surface area contributed by atoms with Crippen molar-refractivity contribution in [1.82, 2.24) is 4.98 Å². The van der Waals surface area contributed by atoms with Crippen molar-refractivity contribution >= 4 is 5.97 Å². The first-order chi connectivity index (χ1) is 11.3. The number of hydrogen-bond donors (Lipinski definition) is 1. The van der Waals surface area contributed by atoms with E-state index in [1.807, 2.05) is 36.5 Å². The van der Waals surface area contributed by atoms with E-state index in [2.05, 4.69) is 11.1 Å². The van der Waals surface area contributed by atoms with Crippen LogP contribution in [0.3, 0.4) is 0 Å². The molecule has 0 aliphatic rings. The molecule has 4 heteroatoms. The molecule has 0 fully saturated rings. The van der Waals surface area contributed by atoms with Gasteiger partial charge in [0.15, 0.2) is 0 Å². The number of hydrogen-bond acceptors (Lipinski definition) is 3. The summed E-state index contributed by atoms with van der Waals surface area (Å²) in [6.45, 7) is 0.517. The van der Waals surface area contributed by atoms with Crippen molar-refractivity contribution in [3.8, 4) is 5.75 Å². The van der Waals surface area contributed by atoms with Crippen molar-refractivity contribution in [3.63, 3.8) is 0 Å². The van der Waals surface area contributed by atoms with Gasteiger partial charge in [-0.15, -0.1) is 0 Å². The number of benzene rings is 1. The highest BCUT2D eigenvalue weighted by Gasteiger charge is 2.04. The quantitative estimate of drug-likeness (QED) is 0.667. The molecule has 1 N–H and O–H groups in total. The molecule has 2 aromatic rings. The van der Waals surface area contributed by atoms with Gasteiger partial charge in [-0.1, -0.05) is 37.1 Å². The minimum Gasteiger partial charge on any atom is -0.489 e. The van der Waals surface area contributed by atoms with Crippen LogP contribution in [0, 0.1) is 0 Å². The van der Waals surface area contributed by atoms with Crippen LogP contribution in [0.15, 0.2) is 48.8 Å². The summed E-state index contributed by atoms with van der Waals surface area (Å²) in [4.78, 5) is 14.6. The van der Waals surface area contributed by atoms with E-state index in [1.54, 1.807) is 6.20 Å². The lowest BCUT2D eigenvalue weighted by Gasteiger charge is -2.11. The molecule has 0 spiro atoms. The fourth-order valence-corrected chi connectivity index (χ4v) is 2.44. The van der Waals surface area contributed by atoms with Gasteiger partial charge in [0.2, 0.25) is 0 Å². The second-order valence-corrected chi connectivity index (χ2v) is 5.57. The summed E-state index contributed by atoms with van der Waals surface area (Å²) in [5, 5.41) is 8.62. The number of pyridine rings is 1. The number of nitrogens with zero attached hydrogens (tertiary/aromatic N) is 1. The van der Waals surface area contributed by atoms with Gasteiger partial charge in [-0.05, 0) is 37.0 Å². The molecule has 0 unspecified atom stereocenters. The monoisotopic (exact) mass is 313 g/mol. The van der Waals surface area contributed by atoms with Gasteiger partial charge < -0.3 is 9.84 Å². The molecule has 0 saturated heterocycles. The number of aryl methyl sites for hydroxylation is 1.